The third-order valence-electron chi connectivity index (χ3n) is 5.16. The maximum atomic E-state index is 13.1. The standard InChI is InChI=1S/C22H23N3O/c1-15-10-11-16(2)19(13-15)23-22(26)25-14-18-7-4-5-8-21(18)24-12-6-9-20(24)17(25)3/h4-13,17H,14H2,1-3H3,(H,23,26). The van der Waals surface area contributed by atoms with E-state index < -0.39 is 0 Å². The van der Waals surface area contributed by atoms with Crippen molar-refractivity contribution in [2.45, 2.75) is 33.4 Å². The summed E-state index contributed by atoms with van der Waals surface area (Å²) in [6.45, 7) is 6.71. The van der Waals surface area contributed by atoms with Gasteiger partial charge in [-0.1, -0.05) is 30.3 Å². The first-order chi connectivity index (χ1) is 12.5. The fourth-order valence-electron chi connectivity index (χ4n) is 3.62. The van der Waals surface area contributed by atoms with Crippen molar-refractivity contribution in [3.05, 3.63) is 83.2 Å². The van der Waals surface area contributed by atoms with Crippen LogP contribution in [0.5, 0.6) is 0 Å². The zero-order chi connectivity index (χ0) is 18.3. The second-order valence-electron chi connectivity index (χ2n) is 6.98. The summed E-state index contributed by atoms with van der Waals surface area (Å²) in [6, 6.07) is 18.4. The molecule has 1 aliphatic rings. The highest BCUT2D eigenvalue weighted by atomic mass is 16.2. The minimum absolute atomic E-state index is 0.0254. The summed E-state index contributed by atoms with van der Waals surface area (Å²) in [5.41, 5.74) is 6.47. The first-order valence-corrected chi connectivity index (χ1v) is 8.95. The summed E-state index contributed by atoms with van der Waals surface area (Å²) in [5.74, 6) is 0. The predicted octanol–water partition coefficient (Wildman–Crippen LogP) is 5.20. The second kappa shape index (κ2) is 6.37. The Morgan fingerprint density at radius 3 is 2.73 bits per heavy atom. The maximum Gasteiger partial charge on any atom is 0.322 e. The van der Waals surface area contributed by atoms with Gasteiger partial charge in [-0.3, -0.25) is 0 Å². The van der Waals surface area contributed by atoms with Gasteiger partial charge in [0.25, 0.3) is 0 Å². The zero-order valence-electron chi connectivity index (χ0n) is 15.4. The quantitative estimate of drug-likeness (QED) is 0.646. The average molecular weight is 345 g/mol. The summed E-state index contributed by atoms with van der Waals surface area (Å²) >= 11 is 0. The molecule has 1 aliphatic heterocycles. The number of benzene rings is 2. The van der Waals surface area contributed by atoms with Gasteiger partial charge in [0.05, 0.1) is 18.3 Å². The molecule has 0 fully saturated rings. The Hall–Kier alpha value is -3.01. The highest BCUT2D eigenvalue weighted by Crippen LogP contribution is 2.32. The lowest BCUT2D eigenvalue weighted by atomic mass is 10.1. The average Bonchev–Trinajstić information content (AvgIpc) is 3.08. The van der Waals surface area contributed by atoms with Crippen LogP contribution in [0.4, 0.5) is 10.5 Å². The topological polar surface area (TPSA) is 37.3 Å². The van der Waals surface area contributed by atoms with Crippen molar-refractivity contribution in [2.75, 3.05) is 5.32 Å². The number of hydrogen-bond donors (Lipinski definition) is 1. The van der Waals surface area contributed by atoms with Gasteiger partial charge in [-0.25, -0.2) is 4.79 Å². The van der Waals surface area contributed by atoms with Crippen molar-refractivity contribution in [3.8, 4) is 5.69 Å². The number of carbonyl (C=O) groups excluding carboxylic acids is 1. The second-order valence-corrected chi connectivity index (χ2v) is 6.98. The molecule has 132 valence electrons. The van der Waals surface area contributed by atoms with Crippen molar-refractivity contribution in [1.82, 2.24) is 9.47 Å². The monoisotopic (exact) mass is 345 g/mol. The van der Waals surface area contributed by atoms with Gasteiger partial charge in [0.1, 0.15) is 0 Å². The molecule has 1 atom stereocenters. The van der Waals surface area contributed by atoms with E-state index in [-0.39, 0.29) is 12.1 Å². The van der Waals surface area contributed by atoms with Crippen LogP contribution in [0.1, 0.15) is 35.3 Å². The van der Waals surface area contributed by atoms with E-state index in [0.29, 0.717) is 6.54 Å². The number of anilines is 1. The number of fused-ring (bicyclic) bond motifs is 3. The largest absolute Gasteiger partial charge is 0.322 e. The summed E-state index contributed by atoms with van der Waals surface area (Å²) in [6.07, 6.45) is 2.07. The zero-order valence-corrected chi connectivity index (χ0v) is 15.4. The van der Waals surface area contributed by atoms with Gasteiger partial charge in [0.2, 0.25) is 0 Å². The van der Waals surface area contributed by atoms with E-state index in [2.05, 4.69) is 47.3 Å². The van der Waals surface area contributed by atoms with Crippen LogP contribution < -0.4 is 5.32 Å². The highest BCUT2D eigenvalue weighted by molar-refractivity contribution is 5.90. The molecular weight excluding hydrogens is 322 g/mol. The molecule has 1 aromatic heterocycles. The summed E-state index contributed by atoms with van der Waals surface area (Å²) in [5, 5.41) is 3.11. The number of nitrogens with one attached hydrogen (secondary N) is 1. The number of hydrogen-bond acceptors (Lipinski definition) is 1. The third-order valence-corrected chi connectivity index (χ3v) is 5.16. The molecule has 0 saturated carbocycles. The van der Waals surface area contributed by atoms with E-state index in [9.17, 15) is 4.79 Å². The predicted molar refractivity (Wildman–Crippen MR) is 105 cm³/mol. The SMILES string of the molecule is Cc1ccc(C)c(NC(=O)N2Cc3ccccc3-n3cccc3C2C)c1. The fourth-order valence-corrected chi connectivity index (χ4v) is 3.62. The molecule has 0 saturated heterocycles. The molecule has 1 unspecified atom stereocenters. The molecule has 0 bridgehead atoms. The number of urea groups is 1. The maximum absolute atomic E-state index is 13.1. The van der Waals surface area contributed by atoms with Gasteiger partial charge < -0.3 is 14.8 Å². The van der Waals surface area contributed by atoms with E-state index in [1.165, 1.54) is 0 Å². The van der Waals surface area contributed by atoms with Gasteiger partial charge in [-0.15, -0.1) is 0 Å². The van der Waals surface area contributed by atoms with E-state index in [4.69, 9.17) is 0 Å². The molecule has 4 nitrogen and oxygen atoms in total. The number of carbonyl (C=O) groups is 1. The number of rotatable bonds is 1. The molecule has 26 heavy (non-hydrogen) atoms. The number of amides is 2. The van der Waals surface area contributed by atoms with Crippen LogP contribution in [-0.2, 0) is 6.54 Å². The van der Waals surface area contributed by atoms with E-state index in [0.717, 1.165) is 33.8 Å². The van der Waals surface area contributed by atoms with Gasteiger partial charge >= 0.3 is 6.03 Å². The summed E-state index contributed by atoms with van der Waals surface area (Å²) in [7, 11) is 0. The Balaban J connectivity index is 1.71. The van der Waals surface area contributed by atoms with Crippen LogP contribution in [-0.4, -0.2) is 15.5 Å². The van der Waals surface area contributed by atoms with Gasteiger partial charge in [-0.2, -0.15) is 0 Å². The Kier molecular flexibility index (Phi) is 4.03. The molecule has 0 radical (unpaired) electrons. The van der Waals surface area contributed by atoms with Crippen molar-refractivity contribution < 1.29 is 4.79 Å². The summed E-state index contributed by atoms with van der Waals surface area (Å²) in [4.78, 5) is 15.0. The van der Waals surface area contributed by atoms with Crippen molar-refractivity contribution in [2.24, 2.45) is 0 Å². The molecule has 2 heterocycles. The summed E-state index contributed by atoms with van der Waals surface area (Å²) < 4.78 is 2.19. The minimum Gasteiger partial charge on any atom is -0.318 e. The van der Waals surface area contributed by atoms with Crippen LogP contribution in [0.2, 0.25) is 0 Å². The smallest absolute Gasteiger partial charge is 0.318 e. The van der Waals surface area contributed by atoms with Crippen molar-refractivity contribution >= 4 is 11.7 Å². The third kappa shape index (κ3) is 2.77. The molecule has 4 heteroatoms. The minimum atomic E-state index is -0.0735. The van der Waals surface area contributed by atoms with Crippen LogP contribution >= 0.6 is 0 Å². The molecule has 4 rings (SSSR count). The Labute approximate surface area is 154 Å². The van der Waals surface area contributed by atoms with Crippen molar-refractivity contribution in [3.63, 3.8) is 0 Å². The van der Waals surface area contributed by atoms with E-state index in [1.54, 1.807) is 0 Å². The normalized spacial score (nSPS) is 15.8. The first-order valence-electron chi connectivity index (χ1n) is 8.95. The van der Waals surface area contributed by atoms with Crippen LogP contribution in [0.15, 0.2) is 60.8 Å². The van der Waals surface area contributed by atoms with Crippen LogP contribution in [0, 0.1) is 13.8 Å². The van der Waals surface area contributed by atoms with E-state index in [1.807, 2.05) is 49.1 Å². The molecule has 3 aromatic rings. The fraction of sp³-hybridized carbons (Fsp3) is 0.227. The van der Waals surface area contributed by atoms with Gasteiger partial charge in [0.15, 0.2) is 0 Å². The van der Waals surface area contributed by atoms with Crippen LogP contribution in [0.25, 0.3) is 5.69 Å². The molecule has 0 aliphatic carbocycles. The molecule has 1 N–H and O–H groups in total. The van der Waals surface area contributed by atoms with Gasteiger partial charge in [0, 0.05) is 17.6 Å². The number of para-hydroxylation sites is 1. The highest BCUT2D eigenvalue weighted by Gasteiger charge is 2.28. The van der Waals surface area contributed by atoms with Crippen LogP contribution in [0.3, 0.4) is 0 Å². The molecule has 0 spiro atoms. The van der Waals surface area contributed by atoms with Crippen molar-refractivity contribution in [1.29, 1.82) is 0 Å². The molecule has 2 amide bonds. The lowest BCUT2D eigenvalue weighted by Crippen LogP contribution is -2.36. The van der Waals surface area contributed by atoms with E-state index >= 15 is 0 Å². The Morgan fingerprint density at radius 2 is 1.88 bits per heavy atom. The lowest BCUT2D eigenvalue weighted by molar-refractivity contribution is 0.189. The number of aryl methyl sites for hydroxylation is 2. The molecule has 2 aromatic carbocycles. The number of aromatic nitrogens is 1. The Morgan fingerprint density at radius 1 is 1.08 bits per heavy atom. The number of nitrogens with zero attached hydrogens (tertiary/aromatic N) is 2. The van der Waals surface area contributed by atoms with Gasteiger partial charge in [-0.05, 0) is 61.7 Å². The first kappa shape index (κ1) is 16.5. The Bertz CT molecular complexity index is 973. The molecular formula is C22H23N3O. The lowest BCUT2D eigenvalue weighted by Gasteiger charge is -2.28.